The molecule has 0 saturated heterocycles. The third kappa shape index (κ3) is 6.02. The van der Waals surface area contributed by atoms with Crippen LogP contribution in [-0.2, 0) is 0 Å². The van der Waals surface area contributed by atoms with Gasteiger partial charge in [-0.05, 0) is 63.0 Å². The van der Waals surface area contributed by atoms with Crippen molar-refractivity contribution in [2.24, 2.45) is 0 Å². The minimum Gasteiger partial charge on any atom is -0.401 e. The number of anilines is 2. The van der Waals surface area contributed by atoms with Gasteiger partial charge in [-0.3, -0.25) is 0 Å². The van der Waals surface area contributed by atoms with Crippen LogP contribution in [0.4, 0.5) is 11.4 Å². The molecule has 0 aliphatic rings. The van der Waals surface area contributed by atoms with Crippen LogP contribution in [0.1, 0.15) is 40.5 Å². The van der Waals surface area contributed by atoms with E-state index in [9.17, 15) is 0 Å². The summed E-state index contributed by atoms with van der Waals surface area (Å²) < 4.78 is 5.45. The topological polar surface area (TPSA) is 6.48 Å². The predicted octanol–water partition coefficient (Wildman–Crippen LogP) is 4.60. The zero-order chi connectivity index (χ0) is 18.8. The Kier molecular flexibility index (Phi) is 8.99. The Labute approximate surface area is 165 Å². The fourth-order valence-corrected chi connectivity index (χ4v) is 8.26. The Hall–Kier alpha value is -1.53. The van der Waals surface area contributed by atoms with Crippen LogP contribution in [0.2, 0.25) is 12.1 Å². The van der Waals surface area contributed by atoms with Gasteiger partial charge >= 0.3 is 0 Å². The van der Waals surface area contributed by atoms with E-state index in [0.717, 1.165) is 0 Å². The first-order valence-electron chi connectivity index (χ1n) is 10.3. The standard InChI is InChI=1S/C22H36N2Si2/c1-5-19(3)23(21-13-9-7-10-14-21)25-17-18-26-24(20(4)6-2)22-15-11-8-12-16-22/h7-16,19-20H,5-6,17-18,25-26H2,1-4H3. The molecule has 4 heteroatoms. The van der Waals surface area contributed by atoms with Crippen LogP contribution in [0, 0.1) is 0 Å². The summed E-state index contributed by atoms with van der Waals surface area (Å²) in [6.45, 7) is 9.38. The van der Waals surface area contributed by atoms with Crippen molar-refractivity contribution in [3.05, 3.63) is 60.7 Å². The smallest absolute Gasteiger partial charge is 0.124 e. The van der Waals surface area contributed by atoms with E-state index in [1.807, 2.05) is 0 Å². The largest absolute Gasteiger partial charge is 0.401 e. The van der Waals surface area contributed by atoms with Crippen molar-refractivity contribution in [2.75, 3.05) is 9.13 Å². The normalized spacial score (nSPS) is 14.2. The molecule has 2 aromatic rings. The van der Waals surface area contributed by atoms with Gasteiger partial charge in [0.15, 0.2) is 0 Å². The second kappa shape index (κ2) is 11.2. The summed E-state index contributed by atoms with van der Waals surface area (Å²) >= 11 is 0. The molecule has 0 aliphatic carbocycles. The molecule has 0 amide bonds. The van der Waals surface area contributed by atoms with Gasteiger partial charge in [0.2, 0.25) is 0 Å². The van der Waals surface area contributed by atoms with Gasteiger partial charge in [-0.2, -0.15) is 0 Å². The second-order valence-corrected chi connectivity index (χ2v) is 11.0. The number of nitrogens with zero attached hydrogens (tertiary/aromatic N) is 2. The first-order valence-corrected chi connectivity index (χ1v) is 13.6. The summed E-state index contributed by atoms with van der Waals surface area (Å²) in [7, 11) is -0.487. The van der Waals surface area contributed by atoms with Crippen molar-refractivity contribution in [1.29, 1.82) is 0 Å². The average molecular weight is 385 g/mol. The summed E-state index contributed by atoms with van der Waals surface area (Å²) in [5.74, 6) is 0. The lowest BCUT2D eigenvalue weighted by atomic mass is 10.2. The van der Waals surface area contributed by atoms with E-state index in [0.29, 0.717) is 12.1 Å². The lowest BCUT2D eigenvalue weighted by Gasteiger charge is -2.33. The van der Waals surface area contributed by atoms with Crippen LogP contribution in [-0.4, -0.2) is 31.4 Å². The Morgan fingerprint density at radius 3 is 1.31 bits per heavy atom. The van der Waals surface area contributed by atoms with Gasteiger partial charge < -0.3 is 9.13 Å². The predicted molar refractivity (Wildman–Crippen MR) is 124 cm³/mol. The minimum atomic E-state index is -0.244. The van der Waals surface area contributed by atoms with Crippen LogP contribution < -0.4 is 9.13 Å². The maximum absolute atomic E-state index is 2.73. The molecule has 0 bridgehead atoms. The van der Waals surface area contributed by atoms with E-state index >= 15 is 0 Å². The number of para-hydroxylation sites is 2. The lowest BCUT2D eigenvalue weighted by Crippen LogP contribution is -2.38. The molecule has 0 aliphatic heterocycles. The molecule has 0 aromatic heterocycles. The van der Waals surface area contributed by atoms with Gasteiger partial charge in [0.25, 0.3) is 0 Å². The molecule has 2 unspecified atom stereocenters. The molecule has 0 heterocycles. The monoisotopic (exact) mass is 384 g/mol. The Morgan fingerprint density at radius 2 is 1.00 bits per heavy atom. The van der Waals surface area contributed by atoms with E-state index in [-0.39, 0.29) is 19.4 Å². The molecular formula is C22H36N2Si2. The molecule has 0 radical (unpaired) electrons. The third-order valence-corrected chi connectivity index (χ3v) is 11.0. The first-order chi connectivity index (χ1) is 12.7. The Bertz CT molecular complexity index is 551. The maximum atomic E-state index is 2.73. The first kappa shape index (κ1) is 20.8. The van der Waals surface area contributed by atoms with Gasteiger partial charge in [-0.15, -0.1) is 0 Å². The third-order valence-electron chi connectivity index (χ3n) is 5.47. The summed E-state index contributed by atoms with van der Waals surface area (Å²) in [6, 6.07) is 26.2. The molecule has 0 spiro atoms. The number of hydrogen-bond donors (Lipinski definition) is 0. The summed E-state index contributed by atoms with van der Waals surface area (Å²) in [5.41, 5.74) is 2.86. The van der Waals surface area contributed by atoms with Gasteiger partial charge in [0.1, 0.15) is 19.4 Å². The van der Waals surface area contributed by atoms with Crippen molar-refractivity contribution in [2.45, 2.75) is 64.7 Å². The highest BCUT2D eigenvalue weighted by Gasteiger charge is 2.15. The van der Waals surface area contributed by atoms with Crippen molar-refractivity contribution in [3.8, 4) is 0 Å². The summed E-state index contributed by atoms with van der Waals surface area (Å²) in [6.07, 6.45) is 2.45. The van der Waals surface area contributed by atoms with E-state index in [4.69, 9.17) is 0 Å². The lowest BCUT2D eigenvalue weighted by molar-refractivity contribution is 0.707. The fourth-order valence-electron chi connectivity index (χ4n) is 3.45. The number of rotatable bonds is 11. The van der Waals surface area contributed by atoms with Crippen molar-refractivity contribution >= 4 is 30.7 Å². The number of benzene rings is 2. The van der Waals surface area contributed by atoms with Crippen LogP contribution >= 0.6 is 0 Å². The van der Waals surface area contributed by atoms with E-state index in [1.165, 1.54) is 36.3 Å². The van der Waals surface area contributed by atoms with E-state index in [1.54, 1.807) is 0 Å². The van der Waals surface area contributed by atoms with Crippen molar-refractivity contribution in [1.82, 2.24) is 0 Å². The molecule has 2 rings (SSSR count). The highest BCUT2D eigenvalue weighted by molar-refractivity contribution is 6.47. The molecule has 0 N–H and O–H groups in total. The SMILES string of the molecule is CCC(C)N([SiH2]CC[SiH2]N(c1ccccc1)C(C)CC)c1ccccc1. The maximum Gasteiger partial charge on any atom is 0.124 e. The van der Waals surface area contributed by atoms with Gasteiger partial charge in [0.05, 0.1) is 0 Å². The average Bonchev–Trinajstić information content (AvgIpc) is 2.71. The zero-order valence-corrected chi connectivity index (χ0v) is 19.9. The minimum absolute atomic E-state index is 0.244. The van der Waals surface area contributed by atoms with E-state index < -0.39 is 0 Å². The highest BCUT2D eigenvalue weighted by atomic mass is 28.2. The quantitative estimate of drug-likeness (QED) is 0.412. The highest BCUT2D eigenvalue weighted by Crippen LogP contribution is 2.20. The van der Waals surface area contributed by atoms with Gasteiger partial charge in [-0.25, -0.2) is 0 Å². The zero-order valence-electron chi connectivity index (χ0n) is 17.1. The molecular weight excluding hydrogens is 348 g/mol. The van der Waals surface area contributed by atoms with Crippen LogP contribution in [0.15, 0.2) is 60.7 Å². The Morgan fingerprint density at radius 1 is 0.654 bits per heavy atom. The molecule has 142 valence electrons. The van der Waals surface area contributed by atoms with Crippen LogP contribution in [0.5, 0.6) is 0 Å². The molecule has 0 fully saturated rings. The summed E-state index contributed by atoms with van der Waals surface area (Å²) in [5, 5.41) is 0. The molecule has 2 atom stereocenters. The second-order valence-electron chi connectivity index (χ2n) is 7.28. The summed E-state index contributed by atoms with van der Waals surface area (Å²) in [4.78, 5) is 0. The van der Waals surface area contributed by atoms with Crippen LogP contribution in [0.3, 0.4) is 0 Å². The van der Waals surface area contributed by atoms with Crippen LogP contribution in [0.25, 0.3) is 0 Å². The van der Waals surface area contributed by atoms with Crippen molar-refractivity contribution in [3.63, 3.8) is 0 Å². The fraction of sp³-hybridized carbons (Fsp3) is 0.455. The number of hydrogen-bond acceptors (Lipinski definition) is 2. The van der Waals surface area contributed by atoms with Gasteiger partial charge in [-0.1, -0.05) is 50.2 Å². The Balaban J connectivity index is 1.93. The van der Waals surface area contributed by atoms with E-state index in [2.05, 4.69) is 97.5 Å². The molecule has 26 heavy (non-hydrogen) atoms. The van der Waals surface area contributed by atoms with Crippen molar-refractivity contribution < 1.29 is 0 Å². The van der Waals surface area contributed by atoms with Gasteiger partial charge in [0, 0.05) is 23.5 Å². The molecule has 0 saturated carbocycles. The molecule has 2 nitrogen and oxygen atoms in total. The molecule has 2 aromatic carbocycles.